The van der Waals surface area contributed by atoms with Crippen LogP contribution in [0.3, 0.4) is 0 Å². The van der Waals surface area contributed by atoms with Crippen LogP contribution >= 0.6 is 16.4 Å². The quantitative estimate of drug-likeness (QED) is 0.192. The Morgan fingerprint density at radius 3 is 2.58 bits per heavy atom. The Bertz CT molecular complexity index is 785. The van der Waals surface area contributed by atoms with Crippen LogP contribution in [0.5, 0.6) is 0 Å². The van der Waals surface area contributed by atoms with Crippen LogP contribution in [0.2, 0.25) is 0 Å². The van der Waals surface area contributed by atoms with E-state index < -0.39 is 16.4 Å². The number of anilines is 2. The van der Waals surface area contributed by atoms with Gasteiger partial charge in [0.25, 0.3) is 0 Å². The van der Waals surface area contributed by atoms with Crippen molar-refractivity contribution in [2.75, 3.05) is 10.2 Å². The molecule has 2 atom stereocenters. The molecule has 0 fully saturated rings. The molecule has 4 N–H and O–H groups in total. The molecular weight excluding hydrogens is 354 g/mol. The summed E-state index contributed by atoms with van der Waals surface area (Å²) in [6.07, 6.45) is 4.41. The van der Waals surface area contributed by atoms with Gasteiger partial charge in [0, 0.05) is 18.0 Å². The molecular formula is C13H14N4O5P2+2. The van der Waals surface area contributed by atoms with Gasteiger partial charge in [-0.25, -0.2) is 4.74 Å². The van der Waals surface area contributed by atoms with Crippen molar-refractivity contribution >= 4 is 33.9 Å². The van der Waals surface area contributed by atoms with E-state index in [0.29, 0.717) is 15.9 Å². The molecule has 124 valence electrons. The highest BCUT2D eigenvalue weighted by atomic mass is 31.1. The van der Waals surface area contributed by atoms with Gasteiger partial charge in [-0.3, -0.25) is 4.98 Å². The molecule has 0 spiro atoms. The molecule has 0 saturated heterocycles. The SMILES string of the molecule is O=[P+](O)Nc1ccc(C=[N+]([O-])Cc2cccnc2)c(N[P+](=O)O)c1. The Hall–Kier alpha value is -2.44. The third-order valence-corrected chi connectivity index (χ3v) is 3.72. The summed E-state index contributed by atoms with van der Waals surface area (Å²) < 4.78 is 22.5. The van der Waals surface area contributed by atoms with Crippen LogP contribution in [-0.2, 0) is 15.7 Å². The van der Waals surface area contributed by atoms with Crippen molar-refractivity contribution in [1.82, 2.24) is 4.98 Å². The van der Waals surface area contributed by atoms with Gasteiger partial charge in [0.15, 0.2) is 12.8 Å². The van der Waals surface area contributed by atoms with Gasteiger partial charge in [-0.15, -0.1) is 14.9 Å². The fraction of sp³-hybridized carbons (Fsp3) is 0.0769. The lowest BCUT2D eigenvalue weighted by Crippen LogP contribution is -2.07. The highest BCUT2D eigenvalue weighted by Crippen LogP contribution is 2.28. The van der Waals surface area contributed by atoms with Crippen LogP contribution in [0.4, 0.5) is 11.4 Å². The van der Waals surface area contributed by atoms with Crippen molar-refractivity contribution < 1.29 is 23.7 Å². The number of benzene rings is 1. The zero-order chi connectivity index (χ0) is 17.5. The Labute approximate surface area is 139 Å². The second-order valence-electron chi connectivity index (χ2n) is 4.64. The number of nitrogens with one attached hydrogen (secondary N) is 2. The topological polar surface area (TPSA) is 138 Å². The Kier molecular flexibility index (Phi) is 6.28. The predicted octanol–water partition coefficient (Wildman–Crippen LogP) is 2.33. The summed E-state index contributed by atoms with van der Waals surface area (Å²) in [5, 5.41) is 16.6. The van der Waals surface area contributed by atoms with Crippen molar-refractivity contribution in [2.24, 2.45) is 0 Å². The van der Waals surface area contributed by atoms with E-state index >= 15 is 0 Å². The van der Waals surface area contributed by atoms with Crippen LogP contribution in [0, 0.1) is 5.21 Å². The average Bonchev–Trinajstić information content (AvgIpc) is 2.49. The Morgan fingerprint density at radius 1 is 1.21 bits per heavy atom. The van der Waals surface area contributed by atoms with E-state index in [0.717, 1.165) is 0 Å². The van der Waals surface area contributed by atoms with Gasteiger partial charge >= 0.3 is 16.4 Å². The van der Waals surface area contributed by atoms with E-state index in [1.807, 2.05) is 0 Å². The van der Waals surface area contributed by atoms with Crippen molar-refractivity contribution in [1.29, 1.82) is 0 Å². The highest BCUT2D eigenvalue weighted by Gasteiger charge is 2.18. The first kappa shape index (κ1) is 17.9. The summed E-state index contributed by atoms with van der Waals surface area (Å²) in [7, 11) is -5.33. The van der Waals surface area contributed by atoms with Gasteiger partial charge in [-0.2, -0.15) is 5.09 Å². The van der Waals surface area contributed by atoms with Gasteiger partial charge in [0.05, 0.1) is 16.9 Å². The largest absolute Gasteiger partial charge is 0.640 e. The van der Waals surface area contributed by atoms with Gasteiger partial charge in [-0.1, -0.05) is 0 Å². The second kappa shape index (κ2) is 8.42. The molecule has 2 unspecified atom stereocenters. The molecule has 0 radical (unpaired) electrons. The molecule has 2 aromatic rings. The van der Waals surface area contributed by atoms with Crippen molar-refractivity contribution in [2.45, 2.75) is 6.54 Å². The standard InChI is InChI=1S/C13H12N4O5P2/c18-17(8-10-2-1-5-14-7-10)9-11-3-4-12(15-23(19)20)6-13(11)16-24(21)22/h1-7,9H,8H2,(H2-2,15,16,19,20,21,22)/p+2. The second-order valence-corrected chi connectivity index (χ2v) is 6.18. The van der Waals surface area contributed by atoms with Gasteiger partial charge in [0.2, 0.25) is 0 Å². The number of hydrogen-bond acceptors (Lipinski definition) is 4. The summed E-state index contributed by atoms with van der Waals surface area (Å²) in [6, 6.07) is 7.78. The lowest BCUT2D eigenvalue weighted by molar-refractivity contribution is -0.469. The predicted molar refractivity (Wildman–Crippen MR) is 90.1 cm³/mol. The maximum atomic E-state index is 12.1. The number of nitrogens with zero attached hydrogens (tertiary/aromatic N) is 2. The number of pyridine rings is 1. The van der Waals surface area contributed by atoms with Crippen LogP contribution in [0.1, 0.15) is 11.1 Å². The maximum absolute atomic E-state index is 12.1. The minimum atomic E-state index is -2.71. The van der Waals surface area contributed by atoms with Crippen LogP contribution < -0.4 is 10.2 Å². The molecule has 0 aliphatic carbocycles. The highest BCUT2D eigenvalue weighted by molar-refractivity contribution is 7.40. The lowest BCUT2D eigenvalue weighted by Gasteiger charge is -2.06. The first-order valence-corrected chi connectivity index (χ1v) is 9.03. The molecule has 2 rings (SSSR count). The van der Waals surface area contributed by atoms with Gasteiger partial charge in [-0.05, 0) is 39.5 Å². The first-order chi connectivity index (χ1) is 11.4. The molecule has 24 heavy (non-hydrogen) atoms. The molecule has 11 heteroatoms. The van der Waals surface area contributed by atoms with Crippen molar-refractivity contribution in [3.63, 3.8) is 0 Å². The molecule has 1 aromatic carbocycles. The van der Waals surface area contributed by atoms with Crippen molar-refractivity contribution in [3.05, 3.63) is 59.1 Å². The molecule has 0 bridgehead atoms. The average molecular weight is 368 g/mol. The summed E-state index contributed by atoms with van der Waals surface area (Å²) in [5.41, 5.74) is 1.50. The van der Waals surface area contributed by atoms with Crippen LogP contribution in [0.15, 0.2) is 42.7 Å². The van der Waals surface area contributed by atoms with E-state index in [9.17, 15) is 14.3 Å². The van der Waals surface area contributed by atoms with Gasteiger partial charge < -0.3 is 5.21 Å². The Morgan fingerprint density at radius 2 is 1.96 bits per heavy atom. The van der Waals surface area contributed by atoms with E-state index in [4.69, 9.17) is 9.79 Å². The maximum Gasteiger partial charge on any atom is 0.640 e. The summed E-state index contributed by atoms with van der Waals surface area (Å²) >= 11 is 0. The molecule has 9 nitrogen and oxygen atoms in total. The fourth-order valence-electron chi connectivity index (χ4n) is 1.92. The molecule has 0 amide bonds. The van der Waals surface area contributed by atoms with Crippen LogP contribution in [0.25, 0.3) is 0 Å². The lowest BCUT2D eigenvalue weighted by atomic mass is 10.2. The zero-order valence-electron chi connectivity index (χ0n) is 12.2. The monoisotopic (exact) mass is 368 g/mol. The first-order valence-electron chi connectivity index (χ1n) is 6.61. The molecule has 0 saturated carbocycles. The third kappa shape index (κ3) is 5.64. The number of hydroxylamine groups is 1. The fourth-order valence-corrected chi connectivity index (χ4v) is 2.68. The summed E-state index contributed by atoms with van der Waals surface area (Å²) in [6.45, 7) is 0.0566. The third-order valence-electron chi connectivity index (χ3n) is 2.84. The normalized spacial score (nSPS) is 12.5. The van der Waals surface area contributed by atoms with Gasteiger partial charge in [0.1, 0.15) is 0 Å². The smallest absolute Gasteiger partial charge is 0.624 e. The number of hydrogen-bond donors (Lipinski definition) is 4. The zero-order valence-corrected chi connectivity index (χ0v) is 14.0. The minimum absolute atomic E-state index is 0.0566. The summed E-state index contributed by atoms with van der Waals surface area (Å²) in [4.78, 5) is 21.8. The van der Waals surface area contributed by atoms with E-state index in [2.05, 4.69) is 15.2 Å². The molecule has 0 aliphatic rings. The Balaban J connectivity index is 2.28. The van der Waals surface area contributed by atoms with E-state index in [-0.39, 0.29) is 17.9 Å². The van der Waals surface area contributed by atoms with Crippen molar-refractivity contribution in [3.8, 4) is 0 Å². The van der Waals surface area contributed by atoms with E-state index in [1.165, 1.54) is 24.4 Å². The summed E-state index contributed by atoms with van der Waals surface area (Å²) in [5.74, 6) is 0. The molecule has 1 aromatic heterocycles. The van der Waals surface area contributed by atoms with Crippen LogP contribution in [-0.4, -0.2) is 25.7 Å². The molecule has 1 heterocycles. The van der Waals surface area contributed by atoms with E-state index in [1.54, 1.807) is 24.5 Å². The number of aromatic nitrogens is 1. The number of rotatable bonds is 7. The minimum Gasteiger partial charge on any atom is -0.624 e. The molecule has 0 aliphatic heterocycles.